The van der Waals surface area contributed by atoms with Crippen LogP contribution in [0.25, 0.3) is 11.4 Å². The third-order valence-electron chi connectivity index (χ3n) is 4.69. The number of carbonyl (C=O) groups is 1. The Hall–Kier alpha value is -3.29. The van der Waals surface area contributed by atoms with Crippen molar-refractivity contribution in [2.45, 2.75) is 25.7 Å². The lowest BCUT2D eigenvalue weighted by molar-refractivity contribution is -0.131. The van der Waals surface area contributed by atoms with E-state index in [2.05, 4.69) is 20.1 Å². The van der Waals surface area contributed by atoms with Gasteiger partial charge in [0.15, 0.2) is 0 Å². The first-order chi connectivity index (χ1) is 13.2. The number of hydrogen-bond donors (Lipinski definition) is 1. The molecule has 0 fully saturated rings. The fraction of sp³-hybridized carbons (Fsp3) is 0.316. The normalized spacial score (nSPS) is 13.9. The molecule has 27 heavy (non-hydrogen) atoms. The molecule has 0 unspecified atom stereocenters. The smallest absolute Gasteiger partial charge is 0.254 e. The van der Waals surface area contributed by atoms with Crippen LogP contribution >= 0.6 is 0 Å². The van der Waals surface area contributed by atoms with Crippen LogP contribution in [0.1, 0.15) is 23.6 Å². The zero-order valence-electron chi connectivity index (χ0n) is 14.7. The highest BCUT2D eigenvalue weighted by Crippen LogP contribution is 2.16. The summed E-state index contributed by atoms with van der Waals surface area (Å²) in [6.45, 7) is 1.07. The largest absolute Gasteiger partial charge is 0.342 e. The molecule has 1 aliphatic heterocycles. The summed E-state index contributed by atoms with van der Waals surface area (Å²) in [5, 5.41) is 3.97. The number of aryl methyl sites for hydroxylation is 1. The molecule has 3 aromatic rings. The van der Waals surface area contributed by atoms with Gasteiger partial charge in [0.25, 0.3) is 5.56 Å². The number of hydrogen-bond acceptors (Lipinski definition) is 6. The summed E-state index contributed by atoms with van der Waals surface area (Å²) in [6, 6.07) is 9.55. The van der Waals surface area contributed by atoms with E-state index in [1.54, 1.807) is 4.90 Å². The highest BCUT2D eigenvalue weighted by molar-refractivity contribution is 5.76. The molecule has 8 heteroatoms. The van der Waals surface area contributed by atoms with E-state index in [-0.39, 0.29) is 17.9 Å². The van der Waals surface area contributed by atoms with Crippen LogP contribution in [0.3, 0.4) is 0 Å². The van der Waals surface area contributed by atoms with Crippen LogP contribution in [-0.2, 0) is 24.1 Å². The van der Waals surface area contributed by atoms with Gasteiger partial charge in [-0.15, -0.1) is 0 Å². The molecule has 0 bridgehead atoms. The molecule has 0 saturated carbocycles. The topological polar surface area (TPSA) is 105 Å². The Kier molecular flexibility index (Phi) is 4.78. The average Bonchev–Trinajstić information content (AvgIpc) is 3.06. The molecule has 8 nitrogen and oxygen atoms in total. The SMILES string of the molecule is O=C(CCc1nc(-c2ccccc2)no1)N1CCc2nc[nH]c(=O)c2CC1. The van der Waals surface area contributed by atoms with Crippen LogP contribution in [0.4, 0.5) is 0 Å². The van der Waals surface area contributed by atoms with Gasteiger partial charge in [-0.2, -0.15) is 4.98 Å². The highest BCUT2D eigenvalue weighted by Gasteiger charge is 2.21. The molecule has 2 aromatic heterocycles. The average molecular weight is 365 g/mol. The number of amides is 1. The lowest BCUT2D eigenvalue weighted by Crippen LogP contribution is -2.33. The predicted molar refractivity (Wildman–Crippen MR) is 96.9 cm³/mol. The van der Waals surface area contributed by atoms with Crippen molar-refractivity contribution in [3.63, 3.8) is 0 Å². The van der Waals surface area contributed by atoms with Crippen LogP contribution in [0.15, 0.2) is 46.0 Å². The Morgan fingerprint density at radius 2 is 2.00 bits per heavy atom. The third kappa shape index (κ3) is 3.79. The molecule has 1 aromatic carbocycles. The van der Waals surface area contributed by atoms with Crippen LogP contribution < -0.4 is 5.56 Å². The van der Waals surface area contributed by atoms with E-state index in [9.17, 15) is 9.59 Å². The Morgan fingerprint density at radius 3 is 2.85 bits per heavy atom. The van der Waals surface area contributed by atoms with Gasteiger partial charge >= 0.3 is 0 Å². The Morgan fingerprint density at radius 1 is 1.19 bits per heavy atom. The number of carbonyl (C=O) groups excluding carboxylic acids is 1. The maximum absolute atomic E-state index is 12.6. The minimum Gasteiger partial charge on any atom is -0.342 e. The van der Waals surface area contributed by atoms with Crippen molar-refractivity contribution in [3.8, 4) is 11.4 Å². The van der Waals surface area contributed by atoms with Gasteiger partial charge < -0.3 is 14.4 Å². The van der Waals surface area contributed by atoms with E-state index in [1.807, 2.05) is 30.3 Å². The fourth-order valence-electron chi connectivity index (χ4n) is 3.22. The molecule has 0 radical (unpaired) electrons. The Bertz CT molecular complexity index is 996. The molecule has 1 amide bonds. The molecule has 0 spiro atoms. The van der Waals surface area contributed by atoms with Crippen LogP contribution in [0.2, 0.25) is 0 Å². The summed E-state index contributed by atoms with van der Waals surface area (Å²) in [7, 11) is 0. The van der Waals surface area contributed by atoms with Crippen molar-refractivity contribution < 1.29 is 9.32 Å². The monoisotopic (exact) mass is 365 g/mol. The van der Waals surface area contributed by atoms with E-state index in [4.69, 9.17) is 4.52 Å². The van der Waals surface area contributed by atoms with Gasteiger partial charge in [-0.05, 0) is 6.42 Å². The van der Waals surface area contributed by atoms with Gasteiger partial charge in [-0.25, -0.2) is 4.98 Å². The second kappa shape index (κ2) is 7.53. The van der Waals surface area contributed by atoms with Crippen LogP contribution in [-0.4, -0.2) is 44.0 Å². The zero-order chi connectivity index (χ0) is 18.6. The summed E-state index contributed by atoms with van der Waals surface area (Å²) < 4.78 is 5.26. The van der Waals surface area contributed by atoms with Gasteiger partial charge in [0.2, 0.25) is 17.6 Å². The Balaban J connectivity index is 1.36. The van der Waals surface area contributed by atoms with Crippen molar-refractivity contribution >= 4 is 5.91 Å². The number of fused-ring (bicyclic) bond motifs is 1. The summed E-state index contributed by atoms with van der Waals surface area (Å²) >= 11 is 0. The van der Waals surface area contributed by atoms with E-state index < -0.39 is 0 Å². The van der Waals surface area contributed by atoms with Gasteiger partial charge in [-0.1, -0.05) is 35.5 Å². The number of H-pyrrole nitrogens is 1. The lowest BCUT2D eigenvalue weighted by atomic mass is 10.1. The molecule has 1 N–H and O–H groups in total. The second-order valence-electron chi connectivity index (χ2n) is 6.42. The predicted octanol–water partition coefficient (Wildman–Crippen LogP) is 1.38. The summed E-state index contributed by atoms with van der Waals surface area (Å²) in [5.41, 5.74) is 2.21. The second-order valence-corrected chi connectivity index (χ2v) is 6.42. The quantitative estimate of drug-likeness (QED) is 0.749. The van der Waals surface area contributed by atoms with Gasteiger partial charge in [0.05, 0.1) is 12.0 Å². The van der Waals surface area contributed by atoms with Crippen LogP contribution in [0.5, 0.6) is 0 Å². The number of aromatic nitrogens is 4. The van der Waals surface area contributed by atoms with Crippen molar-refractivity contribution in [1.82, 2.24) is 25.0 Å². The first-order valence-corrected chi connectivity index (χ1v) is 8.92. The van der Waals surface area contributed by atoms with Gasteiger partial charge in [0.1, 0.15) is 0 Å². The number of rotatable bonds is 4. The van der Waals surface area contributed by atoms with Crippen LogP contribution in [0, 0.1) is 0 Å². The minimum atomic E-state index is -0.117. The number of nitrogens with one attached hydrogen (secondary N) is 1. The maximum atomic E-state index is 12.6. The van der Waals surface area contributed by atoms with Crippen molar-refractivity contribution in [3.05, 3.63) is 64.2 Å². The number of benzene rings is 1. The summed E-state index contributed by atoms with van der Waals surface area (Å²) in [5.74, 6) is 0.977. The molecule has 3 heterocycles. The van der Waals surface area contributed by atoms with Crippen molar-refractivity contribution in [2.24, 2.45) is 0 Å². The van der Waals surface area contributed by atoms with Gasteiger partial charge in [0, 0.05) is 43.5 Å². The van der Waals surface area contributed by atoms with E-state index >= 15 is 0 Å². The maximum Gasteiger partial charge on any atom is 0.254 e. The standard InChI is InChI=1S/C19H19N5O3/c25-17(24-10-8-14-15(9-11-24)20-12-21-19(14)26)7-6-16-22-18(23-27-16)13-4-2-1-3-5-13/h1-5,12H,6-11H2,(H,20,21,26). The zero-order valence-corrected chi connectivity index (χ0v) is 14.7. The third-order valence-corrected chi connectivity index (χ3v) is 4.69. The number of nitrogens with zero attached hydrogens (tertiary/aromatic N) is 4. The molecular formula is C19H19N5O3. The molecule has 1 aliphatic rings. The molecular weight excluding hydrogens is 346 g/mol. The van der Waals surface area contributed by atoms with Crippen molar-refractivity contribution in [1.29, 1.82) is 0 Å². The summed E-state index contributed by atoms with van der Waals surface area (Å²) in [6.07, 6.45) is 3.20. The lowest BCUT2D eigenvalue weighted by Gasteiger charge is -2.19. The minimum absolute atomic E-state index is 0.0127. The number of aromatic amines is 1. The van der Waals surface area contributed by atoms with Gasteiger partial charge in [-0.3, -0.25) is 9.59 Å². The fourth-order valence-corrected chi connectivity index (χ4v) is 3.22. The Labute approximate surface area is 155 Å². The first kappa shape index (κ1) is 17.1. The molecule has 138 valence electrons. The summed E-state index contributed by atoms with van der Waals surface area (Å²) in [4.78, 5) is 37.4. The van der Waals surface area contributed by atoms with E-state index in [0.29, 0.717) is 49.6 Å². The molecule has 0 saturated heterocycles. The molecule has 4 rings (SSSR count). The van der Waals surface area contributed by atoms with E-state index in [1.165, 1.54) is 6.33 Å². The first-order valence-electron chi connectivity index (χ1n) is 8.92. The van der Waals surface area contributed by atoms with Crippen molar-refractivity contribution in [2.75, 3.05) is 13.1 Å². The van der Waals surface area contributed by atoms with E-state index in [0.717, 1.165) is 11.3 Å². The molecule has 0 aliphatic carbocycles. The molecule has 0 atom stereocenters. The highest BCUT2D eigenvalue weighted by atomic mass is 16.5.